The number of hydrogen-bond donors (Lipinski definition) is 1. The molecule has 4 aliphatic carbocycles. The van der Waals surface area contributed by atoms with Crippen molar-refractivity contribution in [2.75, 3.05) is 20.2 Å². The van der Waals surface area contributed by atoms with E-state index in [9.17, 15) is 14.4 Å². The van der Waals surface area contributed by atoms with Crippen molar-refractivity contribution in [2.24, 2.45) is 23.2 Å². The molecule has 29 heavy (non-hydrogen) atoms. The predicted molar refractivity (Wildman–Crippen MR) is 104 cm³/mol. The first-order valence-electron chi connectivity index (χ1n) is 10.6. The molecule has 0 aliphatic heterocycles. The van der Waals surface area contributed by atoms with E-state index in [0.717, 1.165) is 37.0 Å². The van der Waals surface area contributed by atoms with Crippen LogP contribution in [0.15, 0.2) is 22.8 Å². The monoisotopic (exact) mass is 402 g/mol. The predicted octanol–water partition coefficient (Wildman–Crippen LogP) is 2.50. The van der Waals surface area contributed by atoms with E-state index in [4.69, 9.17) is 9.15 Å². The summed E-state index contributed by atoms with van der Waals surface area (Å²) < 4.78 is 10.4. The molecule has 0 atom stereocenters. The first-order valence-corrected chi connectivity index (χ1v) is 10.6. The molecule has 5 rings (SSSR count). The van der Waals surface area contributed by atoms with Gasteiger partial charge in [-0.1, -0.05) is 0 Å². The van der Waals surface area contributed by atoms with Crippen LogP contribution in [0.25, 0.3) is 0 Å². The Kier molecular flexibility index (Phi) is 5.65. The number of hydrogen-bond acceptors (Lipinski definition) is 5. The first-order chi connectivity index (χ1) is 13.9. The van der Waals surface area contributed by atoms with Crippen molar-refractivity contribution in [3.05, 3.63) is 24.2 Å². The van der Waals surface area contributed by atoms with E-state index in [1.165, 1.54) is 37.5 Å². The zero-order valence-corrected chi connectivity index (χ0v) is 17.0. The fourth-order valence-corrected chi connectivity index (χ4v) is 6.07. The summed E-state index contributed by atoms with van der Waals surface area (Å²) in [4.78, 5) is 37.9. The third-order valence-electron chi connectivity index (χ3n) is 6.89. The van der Waals surface area contributed by atoms with Crippen molar-refractivity contribution in [1.29, 1.82) is 0 Å². The summed E-state index contributed by atoms with van der Waals surface area (Å²) in [5.74, 6) is 2.03. The van der Waals surface area contributed by atoms with Gasteiger partial charge in [-0.3, -0.25) is 14.4 Å². The van der Waals surface area contributed by atoms with Gasteiger partial charge in [-0.25, -0.2) is 0 Å². The van der Waals surface area contributed by atoms with E-state index in [0.29, 0.717) is 12.2 Å². The number of carbonyl (C=O) groups is 3. The number of likely N-dealkylation sites (N-methyl/N-ethyl adjacent to an activating group) is 1. The van der Waals surface area contributed by atoms with Gasteiger partial charge < -0.3 is 19.4 Å². The molecular formula is C22H30N2O5. The number of amides is 2. The average molecular weight is 402 g/mol. The largest absolute Gasteiger partial charge is 0.467 e. The number of ether oxygens (including phenoxy) is 1. The van der Waals surface area contributed by atoms with Crippen molar-refractivity contribution in [3.63, 3.8) is 0 Å². The molecule has 2 amide bonds. The van der Waals surface area contributed by atoms with Gasteiger partial charge in [-0.15, -0.1) is 0 Å². The zero-order valence-electron chi connectivity index (χ0n) is 17.0. The highest BCUT2D eigenvalue weighted by Gasteiger charge is 2.51. The fraction of sp³-hybridized carbons (Fsp3) is 0.682. The lowest BCUT2D eigenvalue weighted by Crippen LogP contribution is -2.47. The van der Waals surface area contributed by atoms with Crippen LogP contribution < -0.4 is 5.32 Å². The molecule has 7 nitrogen and oxygen atoms in total. The standard InChI is InChI=1S/C22H30N2O5/c1-24(13-19(25)23-12-18-3-2-4-28-18)20(26)14-29-21(27)11-22-8-15-5-16(9-22)7-17(6-15)10-22/h2-4,15-17H,5-14H2,1H3,(H,23,25). The van der Waals surface area contributed by atoms with Crippen LogP contribution >= 0.6 is 0 Å². The lowest BCUT2D eigenvalue weighted by molar-refractivity contribution is -0.157. The molecule has 0 unspecified atom stereocenters. The lowest BCUT2D eigenvalue weighted by Gasteiger charge is -2.56. The van der Waals surface area contributed by atoms with E-state index in [1.807, 2.05) is 0 Å². The second-order valence-corrected chi connectivity index (χ2v) is 9.36. The minimum absolute atomic E-state index is 0.0912. The molecule has 0 aromatic carbocycles. The van der Waals surface area contributed by atoms with Crippen molar-refractivity contribution in [2.45, 2.75) is 51.5 Å². The van der Waals surface area contributed by atoms with E-state index in [2.05, 4.69) is 5.32 Å². The number of esters is 1. The normalized spacial score (nSPS) is 29.5. The van der Waals surface area contributed by atoms with E-state index in [-0.39, 0.29) is 42.9 Å². The Balaban J connectivity index is 1.18. The van der Waals surface area contributed by atoms with Gasteiger partial charge in [-0.2, -0.15) is 0 Å². The Labute approximate surface area is 171 Å². The van der Waals surface area contributed by atoms with Gasteiger partial charge in [0.25, 0.3) is 5.91 Å². The van der Waals surface area contributed by atoms with Crippen molar-refractivity contribution >= 4 is 17.8 Å². The van der Waals surface area contributed by atoms with Gasteiger partial charge in [0.15, 0.2) is 6.61 Å². The molecular weight excluding hydrogens is 372 g/mol. The maximum atomic E-state index is 12.4. The Morgan fingerprint density at radius 3 is 2.41 bits per heavy atom. The Morgan fingerprint density at radius 2 is 1.83 bits per heavy atom. The maximum absolute atomic E-state index is 12.4. The first kappa shape index (κ1) is 20.0. The molecule has 0 spiro atoms. The summed E-state index contributed by atoms with van der Waals surface area (Å²) in [7, 11) is 1.53. The van der Waals surface area contributed by atoms with Crippen molar-refractivity contribution in [3.8, 4) is 0 Å². The van der Waals surface area contributed by atoms with Crippen LogP contribution in [0.4, 0.5) is 0 Å². The van der Waals surface area contributed by atoms with Crippen LogP contribution in [0.1, 0.15) is 50.7 Å². The third-order valence-corrected chi connectivity index (χ3v) is 6.89. The van der Waals surface area contributed by atoms with Gasteiger partial charge in [0.2, 0.25) is 5.91 Å². The second kappa shape index (κ2) is 8.20. The molecule has 4 aliphatic rings. The molecule has 1 aromatic heterocycles. The second-order valence-electron chi connectivity index (χ2n) is 9.36. The minimum Gasteiger partial charge on any atom is -0.467 e. The van der Waals surface area contributed by atoms with Crippen LogP contribution in [-0.2, 0) is 25.7 Å². The van der Waals surface area contributed by atoms with E-state index >= 15 is 0 Å². The molecule has 4 saturated carbocycles. The van der Waals surface area contributed by atoms with E-state index < -0.39 is 0 Å². The van der Waals surface area contributed by atoms with Gasteiger partial charge in [0, 0.05) is 7.05 Å². The van der Waals surface area contributed by atoms with Crippen LogP contribution in [-0.4, -0.2) is 42.9 Å². The highest BCUT2D eigenvalue weighted by Crippen LogP contribution is 2.61. The maximum Gasteiger partial charge on any atom is 0.306 e. The minimum atomic E-state index is -0.378. The van der Waals surface area contributed by atoms with Crippen LogP contribution in [0.3, 0.4) is 0 Å². The smallest absolute Gasteiger partial charge is 0.306 e. The average Bonchev–Trinajstić information content (AvgIpc) is 3.16. The Morgan fingerprint density at radius 1 is 1.17 bits per heavy atom. The van der Waals surface area contributed by atoms with Crippen molar-refractivity contribution < 1.29 is 23.5 Å². The highest BCUT2D eigenvalue weighted by molar-refractivity contribution is 5.86. The number of nitrogens with zero attached hydrogens (tertiary/aromatic N) is 1. The number of furan rings is 1. The summed E-state index contributed by atoms with van der Waals surface area (Å²) in [6.07, 6.45) is 9.37. The summed E-state index contributed by atoms with van der Waals surface area (Å²) in [5, 5.41) is 2.69. The summed E-state index contributed by atoms with van der Waals surface area (Å²) in [6, 6.07) is 3.51. The summed E-state index contributed by atoms with van der Waals surface area (Å²) in [6.45, 7) is -0.132. The Bertz CT molecular complexity index is 722. The van der Waals surface area contributed by atoms with Gasteiger partial charge in [0.1, 0.15) is 5.76 Å². The third kappa shape index (κ3) is 4.82. The SMILES string of the molecule is CN(CC(=O)NCc1ccco1)C(=O)COC(=O)CC12CC3CC(CC(C3)C1)C2. The molecule has 7 heteroatoms. The molecule has 1 heterocycles. The van der Waals surface area contributed by atoms with Crippen LogP contribution in [0, 0.1) is 23.2 Å². The van der Waals surface area contributed by atoms with Gasteiger partial charge in [-0.05, 0) is 73.8 Å². The summed E-state index contributed by atoms with van der Waals surface area (Å²) in [5.41, 5.74) is 0.104. The molecule has 4 fully saturated rings. The zero-order chi connectivity index (χ0) is 20.4. The van der Waals surface area contributed by atoms with Gasteiger partial charge in [0.05, 0.1) is 25.8 Å². The molecule has 1 N–H and O–H groups in total. The number of rotatable bonds is 8. The topological polar surface area (TPSA) is 88.8 Å². The molecule has 158 valence electrons. The van der Waals surface area contributed by atoms with E-state index in [1.54, 1.807) is 12.1 Å². The lowest BCUT2D eigenvalue weighted by atomic mass is 9.49. The quantitative estimate of drug-likeness (QED) is 0.675. The molecule has 0 saturated heterocycles. The number of nitrogens with one attached hydrogen (secondary N) is 1. The molecule has 0 radical (unpaired) electrons. The molecule has 4 bridgehead atoms. The highest BCUT2D eigenvalue weighted by atomic mass is 16.5. The summed E-state index contributed by atoms with van der Waals surface area (Å²) >= 11 is 0. The Hall–Kier alpha value is -2.31. The molecule has 1 aromatic rings. The fourth-order valence-electron chi connectivity index (χ4n) is 6.07. The van der Waals surface area contributed by atoms with Crippen LogP contribution in [0.5, 0.6) is 0 Å². The number of carbonyl (C=O) groups excluding carboxylic acids is 3. The van der Waals surface area contributed by atoms with Gasteiger partial charge >= 0.3 is 5.97 Å². The van der Waals surface area contributed by atoms with Crippen LogP contribution in [0.2, 0.25) is 0 Å². The van der Waals surface area contributed by atoms with Crippen molar-refractivity contribution in [1.82, 2.24) is 10.2 Å².